The molecule has 0 spiro atoms. The van der Waals surface area contributed by atoms with Gasteiger partial charge in [-0.15, -0.1) is 0 Å². The maximum atomic E-state index is 14.1. The van der Waals surface area contributed by atoms with Crippen LogP contribution in [0.4, 0.5) is 14.5 Å². The van der Waals surface area contributed by atoms with E-state index in [4.69, 9.17) is 9.94 Å². The summed E-state index contributed by atoms with van der Waals surface area (Å²) in [6.45, 7) is 2.81. The second kappa shape index (κ2) is 7.58. The second-order valence-electron chi connectivity index (χ2n) is 5.74. The van der Waals surface area contributed by atoms with Crippen LogP contribution in [0.5, 0.6) is 0 Å². The molecule has 132 valence electrons. The number of benzene rings is 2. The number of ether oxygens (including phenoxy) is 1. The molecule has 1 atom stereocenters. The van der Waals surface area contributed by atoms with E-state index in [9.17, 15) is 13.6 Å². The molecule has 1 aliphatic heterocycles. The van der Waals surface area contributed by atoms with Gasteiger partial charge in [0.1, 0.15) is 0 Å². The fraction of sp³-hybridized carbons (Fsp3) is 0.278. The third-order valence-electron chi connectivity index (χ3n) is 4.27. The monoisotopic (exact) mass is 348 g/mol. The summed E-state index contributed by atoms with van der Waals surface area (Å²) in [5.41, 5.74) is 2.80. The zero-order valence-electron chi connectivity index (χ0n) is 13.4. The van der Waals surface area contributed by atoms with E-state index in [-0.39, 0.29) is 5.56 Å². The number of halogens is 2. The zero-order valence-corrected chi connectivity index (χ0v) is 13.4. The summed E-state index contributed by atoms with van der Waals surface area (Å²) < 4.78 is 33.0. The lowest BCUT2D eigenvalue weighted by atomic mass is 9.90. The molecular weight excluding hydrogens is 330 g/mol. The van der Waals surface area contributed by atoms with E-state index in [1.165, 1.54) is 17.6 Å². The van der Waals surface area contributed by atoms with E-state index in [2.05, 4.69) is 4.90 Å². The van der Waals surface area contributed by atoms with Crippen molar-refractivity contribution in [2.24, 2.45) is 0 Å². The summed E-state index contributed by atoms with van der Waals surface area (Å²) in [5, 5.41) is 9.01. The molecular formula is C18H18F2N2O3. The predicted molar refractivity (Wildman–Crippen MR) is 87.6 cm³/mol. The van der Waals surface area contributed by atoms with Gasteiger partial charge in [0.05, 0.1) is 19.1 Å². The molecule has 1 heterocycles. The molecule has 1 aliphatic rings. The summed E-state index contributed by atoms with van der Waals surface area (Å²) >= 11 is 0. The lowest BCUT2D eigenvalue weighted by molar-refractivity contribution is -0.129. The third-order valence-corrected chi connectivity index (χ3v) is 4.27. The summed E-state index contributed by atoms with van der Waals surface area (Å²) in [5.74, 6) is -4.13. The number of morpholine rings is 1. The van der Waals surface area contributed by atoms with E-state index in [1.807, 2.05) is 12.1 Å². The van der Waals surface area contributed by atoms with Gasteiger partial charge >= 0.3 is 0 Å². The van der Waals surface area contributed by atoms with Crippen LogP contribution in [-0.2, 0) is 9.53 Å². The van der Waals surface area contributed by atoms with Crippen LogP contribution in [0.2, 0.25) is 0 Å². The molecule has 0 radical (unpaired) electrons. The van der Waals surface area contributed by atoms with Gasteiger partial charge in [-0.25, -0.2) is 14.3 Å². The van der Waals surface area contributed by atoms with Crippen LogP contribution in [0, 0.1) is 11.6 Å². The standard InChI is InChI=1S/C18H18F2N2O3/c19-15-3-1-2-14(17(15)20)16(18(23)21-24)12-4-6-13(7-5-12)22-8-10-25-11-9-22/h1-7,16,24H,8-11H2,(H,21,23). The minimum absolute atomic E-state index is 0.134. The molecule has 25 heavy (non-hydrogen) atoms. The van der Waals surface area contributed by atoms with Crippen LogP contribution < -0.4 is 10.4 Å². The number of hydroxylamine groups is 1. The first-order chi connectivity index (χ1) is 12.1. The Morgan fingerprint density at radius 1 is 1.12 bits per heavy atom. The summed E-state index contributed by atoms with van der Waals surface area (Å²) in [4.78, 5) is 14.2. The summed E-state index contributed by atoms with van der Waals surface area (Å²) in [7, 11) is 0. The van der Waals surface area contributed by atoms with Crippen LogP contribution in [0.25, 0.3) is 0 Å². The van der Waals surface area contributed by atoms with Crippen molar-refractivity contribution >= 4 is 11.6 Å². The van der Waals surface area contributed by atoms with E-state index in [0.29, 0.717) is 18.8 Å². The van der Waals surface area contributed by atoms with Gasteiger partial charge in [-0.1, -0.05) is 24.3 Å². The van der Waals surface area contributed by atoms with Gasteiger partial charge in [-0.05, 0) is 23.8 Å². The Morgan fingerprint density at radius 2 is 1.80 bits per heavy atom. The molecule has 3 rings (SSSR count). The lowest BCUT2D eigenvalue weighted by Gasteiger charge is -2.29. The van der Waals surface area contributed by atoms with Crippen LogP contribution >= 0.6 is 0 Å². The average Bonchev–Trinajstić information content (AvgIpc) is 2.66. The normalized spacial score (nSPS) is 15.7. The molecule has 0 aromatic heterocycles. The topological polar surface area (TPSA) is 61.8 Å². The number of rotatable bonds is 4. The highest BCUT2D eigenvalue weighted by atomic mass is 19.2. The van der Waals surface area contributed by atoms with Crippen molar-refractivity contribution in [2.75, 3.05) is 31.2 Å². The van der Waals surface area contributed by atoms with Crippen molar-refractivity contribution in [3.8, 4) is 0 Å². The predicted octanol–water partition coefficient (Wildman–Crippen LogP) is 2.44. The smallest absolute Gasteiger partial charge is 0.255 e. The van der Waals surface area contributed by atoms with Crippen LogP contribution in [0.15, 0.2) is 42.5 Å². The van der Waals surface area contributed by atoms with Gasteiger partial charge in [0.25, 0.3) is 5.91 Å². The van der Waals surface area contributed by atoms with Gasteiger partial charge in [0.15, 0.2) is 11.6 Å². The minimum Gasteiger partial charge on any atom is -0.378 e. The molecule has 5 nitrogen and oxygen atoms in total. The van der Waals surface area contributed by atoms with Crippen LogP contribution in [0.3, 0.4) is 0 Å². The number of carbonyl (C=O) groups excluding carboxylic acids is 1. The number of nitrogens with one attached hydrogen (secondary N) is 1. The number of hydrogen-bond donors (Lipinski definition) is 2. The molecule has 1 unspecified atom stereocenters. The molecule has 0 aliphatic carbocycles. The molecule has 0 saturated carbocycles. The Balaban J connectivity index is 1.94. The van der Waals surface area contributed by atoms with Crippen molar-refractivity contribution < 1.29 is 23.5 Å². The molecule has 0 bridgehead atoms. The van der Waals surface area contributed by atoms with Crippen molar-refractivity contribution in [2.45, 2.75) is 5.92 Å². The summed E-state index contributed by atoms with van der Waals surface area (Å²) in [6, 6.07) is 10.6. The van der Waals surface area contributed by atoms with Gasteiger partial charge in [0.2, 0.25) is 0 Å². The van der Waals surface area contributed by atoms with E-state index < -0.39 is 23.5 Å². The molecule has 1 fully saturated rings. The summed E-state index contributed by atoms with van der Waals surface area (Å²) in [6.07, 6.45) is 0. The first-order valence-corrected chi connectivity index (χ1v) is 7.92. The largest absolute Gasteiger partial charge is 0.378 e. The van der Waals surface area contributed by atoms with Gasteiger partial charge in [-0.3, -0.25) is 10.0 Å². The van der Waals surface area contributed by atoms with Crippen molar-refractivity contribution in [3.63, 3.8) is 0 Å². The molecule has 7 heteroatoms. The first-order valence-electron chi connectivity index (χ1n) is 7.92. The van der Waals surface area contributed by atoms with Crippen molar-refractivity contribution in [1.82, 2.24) is 5.48 Å². The Hall–Kier alpha value is -2.51. The highest BCUT2D eigenvalue weighted by molar-refractivity contribution is 5.86. The molecule has 1 amide bonds. The fourth-order valence-corrected chi connectivity index (χ4v) is 2.98. The Kier molecular flexibility index (Phi) is 5.25. The maximum absolute atomic E-state index is 14.1. The Bertz CT molecular complexity index is 746. The van der Waals surface area contributed by atoms with Crippen LogP contribution in [0.1, 0.15) is 17.0 Å². The van der Waals surface area contributed by atoms with E-state index >= 15 is 0 Å². The second-order valence-corrected chi connectivity index (χ2v) is 5.74. The average molecular weight is 348 g/mol. The molecule has 2 aromatic carbocycles. The SMILES string of the molecule is O=C(NO)C(c1ccc(N2CCOCC2)cc1)c1cccc(F)c1F. The van der Waals surface area contributed by atoms with Gasteiger partial charge in [0, 0.05) is 24.3 Å². The highest BCUT2D eigenvalue weighted by Crippen LogP contribution is 2.30. The Labute approximate surface area is 143 Å². The Morgan fingerprint density at radius 3 is 2.44 bits per heavy atom. The number of nitrogens with zero attached hydrogens (tertiary/aromatic N) is 1. The van der Waals surface area contributed by atoms with E-state index in [1.54, 1.807) is 12.1 Å². The van der Waals surface area contributed by atoms with Gasteiger partial charge in [-0.2, -0.15) is 0 Å². The lowest BCUT2D eigenvalue weighted by Crippen LogP contribution is -2.36. The molecule has 2 aromatic rings. The first kappa shape index (κ1) is 17.3. The fourth-order valence-electron chi connectivity index (χ4n) is 2.98. The maximum Gasteiger partial charge on any atom is 0.255 e. The minimum atomic E-state index is -1.15. The third kappa shape index (κ3) is 3.62. The highest BCUT2D eigenvalue weighted by Gasteiger charge is 2.27. The molecule has 1 saturated heterocycles. The van der Waals surface area contributed by atoms with Crippen molar-refractivity contribution in [1.29, 1.82) is 0 Å². The van der Waals surface area contributed by atoms with E-state index in [0.717, 1.165) is 24.8 Å². The number of hydrogen-bond acceptors (Lipinski definition) is 4. The number of carbonyl (C=O) groups is 1. The number of amides is 1. The van der Waals surface area contributed by atoms with Crippen LogP contribution in [-0.4, -0.2) is 37.4 Å². The van der Waals surface area contributed by atoms with Gasteiger partial charge < -0.3 is 9.64 Å². The molecule has 2 N–H and O–H groups in total. The number of anilines is 1. The van der Waals surface area contributed by atoms with Crippen molar-refractivity contribution in [3.05, 3.63) is 65.2 Å². The quantitative estimate of drug-likeness (QED) is 0.658. The zero-order chi connectivity index (χ0) is 17.8.